The predicted molar refractivity (Wildman–Crippen MR) is 113 cm³/mol. The number of carbonyl (C=O) groups excluding carboxylic acids is 1. The first-order chi connectivity index (χ1) is 14.2. The molecule has 3 aromatic carbocycles. The third kappa shape index (κ3) is 4.76. The van der Waals surface area contributed by atoms with E-state index in [-0.39, 0.29) is 5.91 Å². The van der Waals surface area contributed by atoms with Crippen LogP contribution in [0.4, 0.5) is 5.69 Å². The van der Waals surface area contributed by atoms with Crippen molar-refractivity contribution in [1.82, 2.24) is 10.2 Å². The van der Waals surface area contributed by atoms with Crippen molar-refractivity contribution in [3.8, 4) is 22.9 Å². The second-order valence-corrected chi connectivity index (χ2v) is 6.89. The molecule has 0 fully saturated rings. The van der Waals surface area contributed by atoms with E-state index in [2.05, 4.69) is 46.7 Å². The molecule has 0 unspecified atom stereocenters. The van der Waals surface area contributed by atoms with Gasteiger partial charge in [-0.05, 0) is 55.3 Å². The van der Waals surface area contributed by atoms with Gasteiger partial charge in [0.2, 0.25) is 17.7 Å². The van der Waals surface area contributed by atoms with E-state index in [4.69, 9.17) is 4.42 Å². The van der Waals surface area contributed by atoms with Gasteiger partial charge in [-0.15, -0.1) is 10.2 Å². The molecule has 1 heterocycles. The number of nitrogens with one attached hydrogen (secondary N) is 1. The van der Waals surface area contributed by atoms with Gasteiger partial charge in [-0.2, -0.15) is 0 Å². The zero-order valence-corrected chi connectivity index (χ0v) is 16.1. The molecule has 29 heavy (non-hydrogen) atoms. The van der Waals surface area contributed by atoms with E-state index >= 15 is 0 Å². The summed E-state index contributed by atoms with van der Waals surface area (Å²) in [7, 11) is 0. The van der Waals surface area contributed by atoms with Crippen LogP contribution in [0, 0.1) is 6.92 Å². The fraction of sp³-hybridized carbons (Fsp3) is 0.125. The van der Waals surface area contributed by atoms with Crippen LogP contribution in [0.5, 0.6) is 0 Å². The maximum atomic E-state index is 12.2. The van der Waals surface area contributed by atoms with E-state index in [1.165, 1.54) is 5.56 Å². The monoisotopic (exact) mass is 383 g/mol. The van der Waals surface area contributed by atoms with Crippen LogP contribution in [0.2, 0.25) is 0 Å². The maximum Gasteiger partial charge on any atom is 0.248 e. The Balaban J connectivity index is 1.36. The Hall–Kier alpha value is -3.73. The van der Waals surface area contributed by atoms with Gasteiger partial charge in [0.25, 0.3) is 0 Å². The first-order valence-corrected chi connectivity index (χ1v) is 9.52. The molecule has 0 bridgehead atoms. The molecular formula is C24H21N3O2. The van der Waals surface area contributed by atoms with Gasteiger partial charge in [0.1, 0.15) is 0 Å². The fourth-order valence-electron chi connectivity index (χ4n) is 2.97. The summed E-state index contributed by atoms with van der Waals surface area (Å²) < 4.78 is 5.76. The molecule has 0 saturated heterocycles. The number of rotatable bonds is 6. The van der Waals surface area contributed by atoms with Crippen LogP contribution in [0.25, 0.3) is 22.9 Å². The molecule has 5 nitrogen and oxygen atoms in total. The highest BCUT2D eigenvalue weighted by atomic mass is 16.4. The predicted octanol–water partition coefficient (Wildman–Crippen LogP) is 5.28. The average molecular weight is 383 g/mol. The van der Waals surface area contributed by atoms with Crippen LogP contribution in [0.1, 0.15) is 17.5 Å². The van der Waals surface area contributed by atoms with E-state index in [0.717, 1.165) is 22.4 Å². The van der Waals surface area contributed by atoms with Crippen molar-refractivity contribution in [2.24, 2.45) is 0 Å². The Morgan fingerprint density at radius 2 is 1.45 bits per heavy atom. The highest BCUT2D eigenvalue weighted by molar-refractivity contribution is 5.91. The Morgan fingerprint density at radius 1 is 0.828 bits per heavy atom. The lowest BCUT2D eigenvalue weighted by Crippen LogP contribution is -2.12. The molecule has 0 saturated carbocycles. The molecule has 4 rings (SSSR count). The zero-order chi connectivity index (χ0) is 20.1. The van der Waals surface area contributed by atoms with Crippen molar-refractivity contribution in [1.29, 1.82) is 0 Å². The summed E-state index contributed by atoms with van der Waals surface area (Å²) in [6.45, 7) is 2.05. The second-order valence-electron chi connectivity index (χ2n) is 6.89. The number of hydrogen-bond donors (Lipinski definition) is 1. The molecule has 0 radical (unpaired) electrons. The molecular weight excluding hydrogens is 362 g/mol. The minimum absolute atomic E-state index is 0.0116. The van der Waals surface area contributed by atoms with Crippen molar-refractivity contribution < 1.29 is 9.21 Å². The van der Waals surface area contributed by atoms with E-state index in [1.54, 1.807) is 0 Å². The third-order valence-electron chi connectivity index (χ3n) is 4.62. The normalized spacial score (nSPS) is 10.7. The molecule has 1 aromatic heterocycles. The Labute approximate surface area is 169 Å². The molecule has 0 atom stereocenters. The summed E-state index contributed by atoms with van der Waals surface area (Å²) in [6, 6.07) is 25.3. The first-order valence-electron chi connectivity index (χ1n) is 9.52. The molecule has 5 heteroatoms. The third-order valence-corrected chi connectivity index (χ3v) is 4.62. The highest BCUT2D eigenvalue weighted by Gasteiger charge is 2.10. The van der Waals surface area contributed by atoms with Gasteiger partial charge in [0, 0.05) is 23.2 Å². The minimum atomic E-state index is -0.0116. The van der Waals surface area contributed by atoms with E-state index < -0.39 is 0 Å². The van der Waals surface area contributed by atoms with Gasteiger partial charge in [-0.1, -0.05) is 48.0 Å². The average Bonchev–Trinajstić information content (AvgIpc) is 3.25. The number of benzene rings is 3. The smallest absolute Gasteiger partial charge is 0.248 e. The summed E-state index contributed by atoms with van der Waals surface area (Å²) in [5.74, 6) is 0.915. The van der Waals surface area contributed by atoms with E-state index in [9.17, 15) is 4.79 Å². The molecule has 1 N–H and O–H groups in total. The Bertz CT molecular complexity index is 1090. The number of hydrogen-bond acceptors (Lipinski definition) is 4. The molecule has 0 aliphatic carbocycles. The summed E-state index contributed by atoms with van der Waals surface area (Å²) in [5, 5.41) is 11.2. The van der Waals surface area contributed by atoms with Crippen LogP contribution < -0.4 is 5.32 Å². The number of anilines is 1. The Kier molecular flexibility index (Phi) is 5.47. The minimum Gasteiger partial charge on any atom is -0.416 e. The van der Waals surface area contributed by atoms with Crippen LogP contribution in [0.3, 0.4) is 0 Å². The molecule has 1 amide bonds. The Morgan fingerprint density at radius 3 is 2.10 bits per heavy atom. The van der Waals surface area contributed by atoms with Crippen LogP contribution in [0.15, 0.2) is 83.3 Å². The van der Waals surface area contributed by atoms with Crippen LogP contribution >= 0.6 is 0 Å². The van der Waals surface area contributed by atoms with Gasteiger partial charge >= 0.3 is 0 Å². The van der Waals surface area contributed by atoms with Gasteiger partial charge in [-0.25, -0.2) is 0 Å². The fourth-order valence-corrected chi connectivity index (χ4v) is 2.97. The van der Waals surface area contributed by atoms with E-state index in [1.807, 2.05) is 54.6 Å². The maximum absolute atomic E-state index is 12.2. The number of carbonyl (C=O) groups is 1. The van der Waals surface area contributed by atoms with E-state index in [0.29, 0.717) is 24.6 Å². The zero-order valence-electron chi connectivity index (χ0n) is 16.1. The van der Waals surface area contributed by atoms with Crippen molar-refractivity contribution >= 4 is 11.6 Å². The number of aryl methyl sites for hydroxylation is 2. The largest absolute Gasteiger partial charge is 0.416 e. The number of aromatic nitrogens is 2. The first kappa shape index (κ1) is 18.6. The lowest BCUT2D eigenvalue weighted by molar-refractivity contribution is -0.116. The molecule has 0 aliphatic heterocycles. The number of nitrogens with zero attached hydrogens (tertiary/aromatic N) is 2. The van der Waals surface area contributed by atoms with Gasteiger partial charge in [-0.3, -0.25) is 4.79 Å². The lowest BCUT2D eigenvalue weighted by atomic mass is 10.1. The lowest BCUT2D eigenvalue weighted by Gasteiger charge is -2.06. The summed E-state index contributed by atoms with van der Waals surface area (Å²) in [4.78, 5) is 12.2. The number of amides is 1. The molecule has 0 aliphatic rings. The topological polar surface area (TPSA) is 68.0 Å². The highest BCUT2D eigenvalue weighted by Crippen LogP contribution is 2.24. The standard InChI is InChI=1S/C24H21N3O2/c1-17-7-9-18(10-8-17)11-16-22(28)25-21-14-12-20(13-15-21)24-27-26-23(29-24)19-5-3-2-4-6-19/h2-10,12-15H,11,16H2,1H3,(H,25,28). The summed E-state index contributed by atoms with van der Waals surface area (Å²) in [6.07, 6.45) is 1.16. The SMILES string of the molecule is Cc1ccc(CCC(=O)Nc2ccc(-c3nnc(-c4ccccc4)o3)cc2)cc1. The van der Waals surface area contributed by atoms with Crippen molar-refractivity contribution in [3.63, 3.8) is 0 Å². The summed E-state index contributed by atoms with van der Waals surface area (Å²) >= 11 is 0. The van der Waals surface area contributed by atoms with Crippen LogP contribution in [-0.4, -0.2) is 16.1 Å². The van der Waals surface area contributed by atoms with Gasteiger partial charge in [0.05, 0.1) is 0 Å². The van der Waals surface area contributed by atoms with Gasteiger partial charge in [0.15, 0.2) is 0 Å². The van der Waals surface area contributed by atoms with Crippen molar-refractivity contribution in [3.05, 3.63) is 90.0 Å². The van der Waals surface area contributed by atoms with Crippen LogP contribution in [-0.2, 0) is 11.2 Å². The molecule has 0 spiro atoms. The second kappa shape index (κ2) is 8.52. The van der Waals surface area contributed by atoms with Gasteiger partial charge < -0.3 is 9.73 Å². The van der Waals surface area contributed by atoms with Crippen molar-refractivity contribution in [2.45, 2.75) is 19.8 Å². The summed E-state index contributed by atoms with van der Waals surface area (Å²) in [5.41, 5.74) is 4.80. The van der Waals surface area contributed by atoms with Crippen molar-refractivity contribution in [2.75, 3.05) is 5.32 Å². The quantitative estimate of drug-likeness (QED) is 0.492. The molecule has 4 aromatic rings. The molecule has 144 valence electrons.